The van der Waals surface area contributed by atoms with Gasteiger partial charge in [-0.3, -0.25) is 14.5 Å². The van der Waals surface area contributed by atoms with E-state index in [-0.39, 0.29) is 34.3 Å². The van der Waals surface area contributed by atoms with Gasteiger partial charge in [-0.25, -0.2) is 0 Å². The van der Waals surface area contributed by atoms with Gasteiger partial charge < -0.3 is 15.8 Å². The van der Waals surface area contributed by atoms with E-state index < -0.39 is 5.92 Å². The maximum absolute atomic E-state index is 13.8. The lowest BCUT2D eigenvalue weighted by Crippen LogP contribution is -2.42. The van der Waals surface area contributed by atoms with Crippen molar-refractivity contribution in [3.8, 4) is 11.8 Å². The Kier molecular flexibility index (Phi) is 8.62. The lowest BCUT2D eigenvalue weighted by Gasteiger charge is -2.42. The van der Waals surface area contributed by atoms with Gasteiger partial charge in [0.25, 0.3) is 0 Å². The van der Waals surface area contributed by atoms with Gasteiger partial charge in [0, 0.05) is 23.4 Å². The third kappa shape index (κ3) is 6.31. The number of carbonyl (C=O) groups excluding carboxylic acids is 2. The molecule has 1 aromatic heterocycles. The van der Waals surface area contributed by atoms with Crippen LogP contribution in [-0.4, -0.2) is 34.2 Å². The molecule has 222 valence electrons. The number of nitrogens with two attached hydrogens (primary N) is 1. The van der Waals surface area contributed by atoms with Crippen LogP contribution in [0.2, 0.25) is 0 Å². The zero-order chi connectivity index (χ0) is 30.9. The maximum atomic E-state index is 13.8. The van der Waals surface area contributed by atoms with E-state index in [9.17, 15) is 14.9 Å². The van der Waals surface area contributed by atoms with Crippen molar-refractivity contribution in [2.24, 2.45) is 11.1 Å². The number of nitrogens with zero attached hydrogens (tertiary/aromatic N) is 4. The third-order valence-corrected chi connectivity index (χ3v) is 9.52. The zero-order valence-electron chi connectivity index (χ0n) is 24.9. The number of ketones is 1. The quantitative estimate of drug-likeness (QED) is 0.283. The van der Waals surface area contributed by atoms with Crippen molar-refractivity contribution in [2.75, 3.05) is 22.6 Å². The molecule has 2 aromatic carbocycles. The molecule has 11 heteroatoms. The van der Waals surface area contributed by atoms with Gasteiger partial charge in [-0.15, -0.1) is 10.2 Å². The number of thioether (sulfide) groups is 1. The number of anilines is 2. The molecule has 0 saturated heterocycles. The number of aromatic nitrogens is 2. The molecular formula is C32H34N6O3S2. The van der Waals surface area contributed by atoms with E-state index in [4.69, 9.17) is 10.5 Å². The average molecular weight is 615 g/mol. The number of benzene rings is 2. The summed E-state index contributed by atoms with van der Waals surface area (Å²) >= 11 is 2.54. The number of rotatable bonds is 8. The highest BCUT2D eigenvalue weighted by molar-refractivity contribution is 8.01. The van der Waals surface area contributed by atoms with Crippen LogP contribution >= 0.6 is 23.1 Å². The molecule has 1 amide bonds. The molecule has 1 aliphatic heterocycles. The first-order chi connectivity index (χ1) is 20.5. The normalized spacial score (nSPS) is 17.9. The Morgan fingerprint density at radius 1 is 1.21 bits per heavy atom. The number of nitrogens with one attached hydrogen (secondary N) is 1. The summed E-state index contributed by atoms with van der Waals surface area (Å²) in [4.78, 5) is 28.2. The molecule has 0 saturated carbocycles. The van der Waals surface area contributed by atoms with Gasteiger partial charge >= 0.3 is 0 Å². The molecule has 0 radical (unpaired) electrons. The van der Waals surface area contributed by atoms with Gasteiger partial charge in [0.1, 0.15) is 11.6 Å². The fourth-order valence-electron chi connectivity index (χ4n) is 5.60. The van der Waals surface area contributed by atoms with E-state index in [0.29, 0.717) is 40.2 Å². The largest absolute Gasteiger partial charge is 0.494 e. The smallest absolute Gasteiger partial charge is 0.234 e. The van der Waals surface area contributed by atoms with Crippen molar-refractivity contribution in [2.45, 2.75) is 57.7 Å². The number of Topliss-reactive ketones (excluding diaryl/α,β-unsaturated/α-hetero) is 1. The van der Waals surface area contributed by atoms with E-state index in [1.54, 1.807) is 4.90 Å². The van der Waals surface area contributed by atoms with Crippen LogP contribution in [0.25, 0.3) is 0 Å². The SMILES string of the molecule is CCOc1ccc(C2C(C#N)=C(N)N(c3nnc(SCC(=O)Nc4ccc(C)cc4C)s3)C3=C2C(=O)CC(C)(C)C3)cc1. The lowest BCUT2D eigenvalue weighted by molar-refractivity contribution is -0.118. The lowest BCUT2D eigenvalue weighted by atomic mass is 9.68. The number of aryl methyl sites for hydroxylation is 2. The van der Waals surface area contributed by atoms with Crippen LogP contribution in [0.1, 0.15) is 56.2 Å². The monoisotopic (exact) mass is 614 g/mol. The molecule has 43 heavy (non-hydrogen) atoms. The van der Waals surface area contributed by atoms with Crippen LogP contribution in [-0.2, 0) is 9.59 Å². The summed E-state index contributed by atoms with van der Waals surface area (Å²) in [6.07, 6.45) is 0.931. The molecule has 5 rings (SSSR count). The highest BCUT2D eigenvalue weighted by Crippen LogP contribution is 2.50. The Morgan fingerprint density at radius 3 is 2.63 bits per heavy atom. The molecule has 3 aromatic rings. The first-order valence-corrected chi connectivity index (χ1v) is 15.8. The Bertz CT molecular complexity index is 1680. The number of nitriles is 1. The number of hydrogen-bond donors (Lipinski definition) is 2. The second-order valence-electron chi connectivity index (χ2n) is 11.5. The summed E-state index contributed by atoms with van der Waals surface area (Å²) in [7, 11) is 0. The minimum absolute atomic E-state index is 0.0161. The summed E-state index contributed by atoms with van der Waals surface area (Å²) in [6, 6.07) is 15.6. The average Bonchev–Trinajstić information content (AvgIpc) is 3.41. The van der Waals surface area contributed by atoms with Crippen LogP contribution in [0.4, 0.5) is 10.8 Å². The molecule has 2 heterocycles. The van der Waals surface area contributed by atoms with Crippen molar-refractivity contribution in [3.63, 3.8) is 0 Å². The summed E-state index contributed by atoms with van der Waals surface area (Å²) < 4.78 is 6.18. The molecular weight excluding hydrogens is 581 g/mol. The molecule has 3 N–H and O–H groups in total. The van der Waals surface area contributed by atoms with Crippen molar-refractivity contribution < 1.29 is 14.3 Å². The number of ether oxygens (including phenoxy) is 1. The number of allylic oxidation sites excluding steroid dienone is 3. The van der Waals surface area contributed by atoms with Crippen molar-refractivity contribution in [1.29, 1.82) is 5.26 Å². The Labute approximate surface area is 259 Å². The van der Waals surface area contributed by atoms with Gasteiger partial charge in [-0.1, -0.05) is 66.8 Å². The number of amides is 1. The van der Waals surface area contributed by atoms with Crippen LogP contribution < -0.4 is 20.7 Å². The van der Waals surface area contributed by atoms with Crippen LogP contribution in [0, 0.1) is 30.6 Å². The predicted octanol–water partition coefficient (Wildman–Crippen LogP) is 6.23. The fraction of sp³-hybridized carbons (Fsp3) is 0.344. The van der Waals surface area contributed by atoms with Crippen LogP contribution in [0.15, 0.2) is 69.5 Å². The first kappa shape index (κ1) is 30.3. The van der Waals surface area contributed by atoms with Crippen molar-refractivity contribution >= 4 is 45.6 Å². The minimum atomic E-state index is -0.591. The zero-order valence-corrected chi connectivity index (χ0v) is 26.5. The standard InChI is InChI=1S/C32H34N6O3S2/c1-6-41-21-10-8-20(9-11-21)27-22(16-33)29(34)38(24-14-32(4,5)15-25(39)28(24)27)30-36-37-31(43-30)42-17-26(40)35-23-12-7-18(2)13-19(23)3/h7-13,27H,6,14-15,17,34H2,1-5H3,(H,35,40). The molecule has 0 fully saturated rings. The molecule has 0 spiro atoms. The number of carbonyl (C=O) groups is 2. The van der Waals surface area contributed by atoms with Crippen LogP contribution in [0.3, 0.4) is 0 Å². The van der Waals surface area contributed by atoms with Gasteiger partial charge in [0.2, 0.25) is 11.0 Å². The molecule has 9 nitrogen and oxygen atoms in total. The maximum Gasteiger partial charge on any atom is 0.234 e. The van der Waals surface area contributed by atoms with E-state index in [1.165, 1.54) is 23.1 Å². The second-order valence-corrected chi connectivity index (χ2v) is 13.7. The van der Waals surface area contributed by atoms with Gasteiger partial charge in [0.05, 0.1) is 29.9 Å². The molecule has 0 bridgehead atoms. The van der Waals surface area contributed by atoms with Crippen molar-refractivity contribution in [3.05, 3.63) is 81.8 Å². The minimum Gasteiger partial charge on any atom is -0.494 e. The van der Waals surface area contributed by atoms with Gasteiger partial charge in [0.15, 0.2) is 10.1 Å². The van der Waals surface area contributed by atoms with Gasteiger partial charge in [-0.05, 0) is 61.9 Å². The third-order valence-electron chi connectivity index (χ3n) is 7.48. The van der Waals surface area contributed by atoms with E-state index in [0.717, 1.165) is 28.1 Å². The summed E-state index contributed by atoms with van der Waals surface area (Å²) in [5.74, 6) is 0.331. The Balaban J connectivity index is 1.45. The topological polar surface area (TPSA) is 134 Å². The highest BCUT2D eigenvalue weighted by Gasteiger charge is 2.45. The molecule has 1 atom stereocenters. The Morgan fingerprint density at radius 2 is 1.95 bits per heavy atom. The molecule has 1 unspecified atom stereocenters. The Hall–Kier alpha value is -4.14. The second kappa shape index (κ2) is 12.2. The first-order valence-electron chi connectivity index (χ1n) is 14.0. The van der Waals surface area contributed by atoms with E-state index in [1.807, 2.05) is 77.1 Å². The fourth-order valence-corrected chi connectivity index (χ4v) is 7.28. The van der Waals surface area contributed by atoms with E-state index in [2.05, 4.69) is 21.6 Å². The highest BCUT2D eigenvalue weighted by atomic mass is 32.2. The van der Waals surface area contributed by atoms with Crippen molar-refractivity contribution in [1.82, 2.24) is 10.2 Å². The van der Waals surface area contributed by atoms with Crippen LogP contribution in [0.5, 0.6) is 5.75 Å². The number of hydrogen-bond acceptors (Lipinski definition) is 10. The molecule has 2 aliphatic rings. The predicted molar refractivity (Wildman–Crippen MR) is 170 cm³/mol. The van der Waals surface area contributed by atoms with Gasteiger partial charge in [-0.2, -0.15) is 5.26 Å². The van der Waals surface area contributed by atoms with E-state index >= 15 is 0 Å². The summed E-state index contributed by atoms with van der Waals surface area (Å²) in [5.41, 5.74) is 11.7. The summed E-state index contributed by atoms with van der Waals surface area (Å²) in [5, 5.41) is 22.4. The molecule has 1 aliphatic carbocycles. The summed E-state index contributed by atoms with van der Waals surface area (Å²) in [6.45, 7) is 10.5.